The molecule has 0 spiro atoms. The summed E-state index contributed by atoms with van der Waals surface area (Å²) in [6.07, 6.45) is 0. The standard InChI is InChI=1S/C13H20N2O/c1-3-15(4-2)10-11-7-5-6-8-12(11)13(16)9-14/h5-8H,3-4,9-10,14H2,1-2H3. The number of carbonyl (C=O) groups is 1. The van der Waals surface area contributed by atoms with Gasteiger partial charge in [-0.05, 0) is 18.7 Å². The topological polar surface area (TPSA) is 46.3 Å². The number of Topliss-reactive ketones (excluding diaryl/α,β-unsaturated/α-hetero) is 1. The van der Waals surface area contributed by atoms with Crippen LogP contribution >= 0.6 is 0 Å². The van der Waals surface area contributed by atoms with E-state index < -0.39 is 0 Å². The molecular formula is C13H20N2O. The Labute approximate surface area is 97.2 Å². The normalized spacial score (nSPS) is 10.8. The van der Waals surface area contributed by atoms with Gasteiger partial charge in [-0.1, -0.05) is 38.1 Å². The average molecular weight is 220 g/mol. The number of nitrogens with two attached hydrogens (primary N) is 1. The third-order valence-electron chi connectivity index (χ3n) is 2.79. The van der Waals surface area contributed by atoms with E-state index in [1.807, 2.05) is 24.3 Å². The van der Waals surface area contributed by atoms with Crippen LogP contribution in [0.2, 0.25) is 0 Å². The van der Waals surface area contributed by atoms with Gasteiger partial charge in [0.1, 0.15) is 0 Å². The molecule has 3 nitrogen and oxygen atoms in total. The maximum atomic E-state index is 11.6. The predicted octanol–water partition coefficient (Wildman–Crippen LogP) is 1.67. The molecule has 0 radical (unpaired) electrons. The van der Waals surface area contributed by atoms with E-state index in [4.69, 9.17) is 5.73 Å². The average Bonchev–Trinajstić information content (AvgIpc) is 2.35. The maximum absolute atomic E-state index is 11.6. The van der Waals surface area contributed by atoms with E-state index in [-0.39, 0.29) is 12.3 Å². The highest BCUT2D eigenvalue weighted by atomic mass is 16.1. The number of nitrogens with zero attached hydrogens (tertiary/aromatic N) is 1. The fourth-order valence-electron chi connectivity index (χ4n) is 1.73. The van der Waals surface area contributed by atoms with Gasteiger partial charge >= 0.3 is 0 Å². The first kappa shape index (κ1) is 12.9. The van der Waals surface area contributed by atoms with E-state index in [0.717, 1.165) is 30.8 Å². The van der Waals surface area contributed by atoms with Crippen molar-refractivity contribution in [2.75, 3.05) is 19.6 Å². The first-order valence-electron chi connectivity index (χ1n) is 5.76. The lowest BCUT2D eigenvalue weighted by molar-refractivity contribution is 0.0999. The van der Waals surface area contributed by atoms with Crippen molar-refractivity contribution in [1.29, 1.82) is 0 Å². The van der Waals surface area contributed by atoms with Crippen molar-refractivity contribution in [3.8, 4) is 0 Å². The minimum absolute atomic E-state index is 0.0164. The van der Waals surface area contributed by atoms with Crippen molar-refractivity contribution in [3.63, 3.8) is 0 Å². The first-order valence-corrected chi connectivity index (χ1v) is 5.76. The van der Waals surface area contributed by atoms with Crippen LogP contribution < -0.4 is 5.73 Å². The van der Waals surface area contributed by atoms with E-state index in [1.165, 1.54) is 0 Å². The number of rotatable bonds is 6. The minimum atomic E-state index is 0.0164. The van der Waals surface area contributed by atoms with E-state index >= 15 is 0 Å². The van der Waals surface area contributed by atoms with Crippen LogP contribution in [0, 0.1) is 0 Å². The Morgan fingerprint density at radius 1 is 1.25 bits per heavy atom. The van der Waals surface area contributed by atoms with E-state index in [2.05, 4.69) is 18.7 Å². The molecule has 0 bridgehead atoms. The lowest BCUT2D eigenvalue weighted by Gasteiger charge is -2.19. The highest BCUT2D eigenvalue weighted by Gasteiger charge is 2.10. The van der Waals surface area contributed by atoms with E-state index in [9.17, 15) is 4.79 Å². The Morgan fingerprint density at radius 2 is 1.88 bits per heavy atom. The molecule has 0 atom stereocenters. The molecule has 1 aromatic rings. The van der Waals surface area contributed by atoms with Crippen LogP contribution in [0.5, 0.6) is 0 Å². The predicted molar refractivity (Wildman–Crippen MR) is 66.5 cm³/mol. The molecular weight excluding hydrogens is 200 g/mol. The van der Waals surface area contributed by atoms with E-state index in [1.54, 1.807) is 0 Å². The zero-order valence-electron chi connectivity index (χ0n) is 10.1. The van der Waals surface area contributed by atoms with Crippen molar-refractivity contribution in [1.82, 2.24) is 4.90 Å². The van der Waals surface area contributed by atoms with Crippen molar-refractivity contribution < 1.29 is 4.79 Å². The van der Waals surface area contributed by atoms with Gasteiger partial charge < -0.3 is 5.73 Å². The van der Waals surface area contributed by atoms with Crippen LogP contribution in [0.3, 0.4) is 0 Å². The zero-order valence-corrected chi connectivity index (χ0v) is 10.1. The summed E-state index contributed by atoms with van der Waals surface area (Å²) in [6.45, 7) is 7.11. The molecule has 1 rings (SSSR count). The SMILES string of the molecule is CCN(CC)Cc1ccccc1C(=O)CN. The van der Waals surface area contributed by atoms with Gasteiger partial charge in [0.25, 0.3) is 0 Å². The molecule has 0 aliphatic rings. The summed E-state index contributed by atoms with van der Waals surface area (Å²) in [5.41, 5.74) is 7.24. The summed E-state index contributed by atoms with van der Waals surface area (Å²) < 4.78 is 0. The van der Waals surface area contributed by atoms with Crippen molar-refractivity contribution >= 4 is 5.78 Å². The summed E-state index contributed by atoms with van der Waals surface area (Å²) in [5.74, 6) is 0.0164. The van der Waals surface area contributed by atoms with Gasteiger partial charge in [0.05, 0.1) is 6.54 Å². The van der Waals surface area contributed by atoms with Crippen LogP contribution in [0.4, 0.5) is 0 Å². The Morgan fingerprint density at radius 3 is 2.44 bits per heavy atom. The monoisotopic (exact) mass is 220 g/mol. The van der Waals surface area contributed by atoms with Gasteiger partial charge in [-0.3, -0.25) is 9.69 Å². The highest BCUT2D eigenvalue weighted by Crippen LogP contribution is 2.12. The Hall–Kier alpha value is -1.19. The smallest absolute Gasteiger partial charge is 0.176 e. The van der Waals surface area contributed by atoms with Crippen LogP contribution in [0.15, 0.2) is 24.3 Å². The van der Waals surface area contributed by atoms with Gasteiger partial charge in [0, 0.05) is 12.1 Å². The lowest BCUT2D eigenvalue weighted by atomic mass is 10.0. The Balaban J connectivity index is 2.90. The fourth-order valence-corrected chi connectivity index (χ4v) is 1.73. The first-order chi connectivity index (χ1) is 7.72. The molecule has 1 aromatic carbocycles. The van der Waals surface area contributed by atoms with Crippen LogP contribution in [0.25, 0.3) is 0 Å². The lowest BCUT2D eigenvalue weighted by Crippen LogP contribution is -2.24. The molecule has 88 valence electrons. The largest absolute Gasteiger partial charge is 0.324 e. The van der Waals surface area contributed by atoms with Gasteiger partial charge in [-0.25, -0.2) is 0 Å². The zero-order chi connectivity index (χ0) is 12.0. The summed E-state index contributed by atoms with van der Waals surface area (Å²) >= 11 is 0. The molecule has 0 aliphatic heterocycles. The Bertz CT molecular complexity index is 346. The van der Waals surface area contributed by atoms with Crippen LogP contribution in [-0.4, -0.2) is 30.3 Å². The molecule has 3 heteroatoms. The third-order valence-corrected chi connectivity index (χ3v) is 2.79. The maximum Gasteiger partial charge on any atom is 0.176 e. The molecule has 0 fully saturated rings. The number of benzene rings is 1. The molecule has 0 aromatic heterocycles. The summed E-state index contributed by atoms with van der Waals surface area (Å²) in [6, 6.07) is 7.70. The second-order valence-corrected chi connectivity index (χ2v) is 3.75. The molecule has 0 unspecified atom stereocenters. The van der Waals surface area contributed by atoms with Crippen molar-refractivity contribution in [2.24, 2.45) is 5.73 Å². The van der Waals surface area contributed by atoms with Crippen molar-refractivity contribution in [3.05, 3.63) is 35.4 Å². The number of carbonyl (C=O) groups excluding carboxylic acids is 1. The third kappa shape index (κ3) is 3.15. The second-order valence-electron chi connectivity index (χ2n) is 3.75. The summed E-state index contributed by atoms with van der Waals surface area (Å²) in [4.78, 5) is 13.9. The quantitative estimate of drug-likeness (QED) is 0.742. The minimum Gasteiger partial charge on any atom is -0.324 e. The van der Waals surface area contributed by atoms with Gasteiger partial charge in [0.2, 0.25) is 0 Å². The molecule has 0 saturated carbocycles. The number of hydrogen-bond donors (Lipinski definition) is 1. The molecule has 2 N–H and O–H groups in total. The van der Waals surface area contributed by atoms with Crippen LogP contribution in [0.1, 0.15) is 29.8 Å². The Kier molecular flexibility index (Phi) is 5.15. The number of ketones is 1. The highest BCUT2D eigenvalue weighted by molar-refractivity contribution is 5.98. The van der Waals surface area contributed by atoms with E-state index in [0.29, 0.717) is 0 Å². The van der Waals surface area contributed by atoms with Gasteiger partial charge in [0.15, 0.2) is 5.78 Å². The molecule has 0 heterocycles. The van der Waals surface area contributed by atoms with Crippen LogP contribution in [-0.2, 0) is 6.54 Å². The second kappa shape index (κ2) is 6.40. The molecule has 16 heavy (non-hydrogen) atoms. The molecule has 0 saturated heterocycles. The summed E-state index contributed by atoms with van der Waals surface area (Å²) in [7, 11) is 0. The molecule has 0 aliphatic carbocycles. The van der Waals surface area contributed by atoms with Gasteiger partial charge in [-0.15, -0.1) is 0 Å². The van der Waals surface area contributed by atoms with Gasteiger partial charge in [-0.2, -0.15) is 0 Å². The summed E-state index contributed by atoms with van der Waals surface area (Å²) in [5, 5.41) is 0. The fraction of sp³-hybridized carbons (Fsp3) is 0.462. The number of hydrogen-bond acceptors (Lipinski definition) is 3. The van der Waals surface area contributed by atoms with Crippen molar-refractivity contribution in [2.45, 2.75) is 20.4 Å². The molecule has 0 amide bonds.